The Morgan fingerprint density at radius 1 is 1.56 bits per heavy atom. The van der Waals surface area contributed by atoms with E-state index in [9.17, 15) is 8.42 Å². The van der Waals surface area contributed by atoms with E-state index in [-0.39, 0.29) is 24.7 Å². The summed E-state index contributed by atoms with van der Waals surface area (Å²) in [6.45, 7) is 1.38. The molecule has 0 bridgehead atoms. The summed E-state index contributed by atoms with van der Waals surface area (Å²) in [5, 5.41) is 11.4. The zero-order chi connectivity index (χ0) is 12.3. The number of rotatable bonds is 5. The minimum absolute atomic E-state index is 0.0888. The van der Waals surface area contributed by atoms with Crippen LogP contribution in [-0.2, 0) is 9.84 Å². The Morgan fingerprint density at radius 2 is 2.19 bits per heavy atom. The number of aromatic nitrogens is 2. The fourth-order valence-electron chi connectivity index (χ4n) is 1.02. The number of aliphatic hydroxyl groups is 1. The first-order valence-corrected chi connectivity index (χ1v) is 6.70. The summed E-state index contributed by atoms with van der Waals surface area (Å²) < 4.78 is 27.3. The van der Waals surface area contributed by atoms with Gasteiger partial charge in [0.15, 0.2) is 15.7 Å². The molecule has 0 amide bonds. The van der Waals surface area contributed by atoms with Crippen LogP contribution < -0.4 is 5.73 Å². The van der Waals surface area contributed by atoms with E-state index in [1.54, 1.807) is 0 Å². The van der Waals surface area contributed by atoms with Gasteiger partial charge >= 0.3 is 0 Å². The number of hydrogen-bond donors (Lipinski definition) is 2. The summed E-state index contributed by atoms with van der Waals surface area (Å²) in [4.78, 5) is 3.90. The molecule has 0 aliphatic heterocycles. The topological polar surface area (TPSA) is 119 Å². The zero-order valence-electron chi connectivity index (χ0n) is 9.12. The molecule has 8 heteroatoms. The smallest absolute Gasteiger partial charge is 0.243 e. The number of sulfone groups is 1. The molecule has 0 spiro atoms. The minimum atomic E-state index is -3.26. The zero-order valence-corrected chi connectivity index (χ0v) is 9.94. The van der Waals surface area contributed by atoms with Crippen molar-refractivity contribution in [1.29, 1.82) is 0 Å². The van der Waals surface area contributed by atoms with Gasteiger partial charge in [0.2, 0.25) is 5.89 Å². The molecule has 0 aromatic carbocycles. The summed E-state index contributed by atoms with van der Waals surface area (Å²) in [5.41, 5.74) is 5.62. The van der Waals surface area contributed by atoms with Crippen molar-refractivity contribution in [2.75, 3.05) is 12.9 Å². The average Bonchev–Trinajstić information content (AvgIpc) is 2.64. The van der Waals surface area contributed by atoms with Crippen LogP contribution in [0.1, 0.15) is 36.4 Å². The van der Waals surface area contributed by atoms with Crippen LogP contribution in [0.4, 0.5) is 0 Å². The van der Waals surface area contributed by atoms with E-state index >= 15 is 0 Å². The van der Waals surface area contributed by atoms with Gasteiger partial charge in [-0.1, -0.05) is 5.16 Å². The molecule has 0 radical (unpaired) electrons. The molecule has 2 atom stereocenters. The van der Waals surface area contributed by atoms with E-state index < -0.39 is 21.1 Å². The number of aliphatic hydroxyl groups excluding tert-OH is 1. The molecule has 2 unspecified atom stereocenters. The average molecular weight is 249 g/mol. The van der Waals surface area contributed by atoms with Gasteiger partial charge in [-0.05, 0) is 13.3 Å². The maximum Gasteiger partial charge on any atom is 0.243 e. The molecule has 1 aromatic rings. The maximum absolute atomic E-state index is 11.2. The molecule has 0 fully saturated rings. The lowest BCUT2D eigenvalue weighted by atomic mass is 10.2. The van der Waals surface area contributed by atoms with Gasteiger partial charge in [-0.25, -0.2) is 8.42 Å². The number of nitrogens with two attached hydrogens (primary N) is 1. The lowest BCUT2D eigenvalue weighted by Gasteiger charge is -2.03. The molecule has 0 saturated heterocycles. The van der Waals surface area contributed by atoms with Crippen molar-refractivity contribution in [2.45, 2.75) is 24.6 Å². The first-order chi connectivity index (χ1) is 7.36. The van der Waals surface area contributed by atoms with Crippen LogP contribution in [-0.4, -0.2) is 36.5 Å². The molecule has 0 aliphatic rings. The standard InChI is InChI=1S/C8H15N3O4S/c1-5(16(2,13)14)7-10-8(15-11-7)6(9)3-4-12/h5-6,12H,3-4,9H2,1-2H3. The van der Waals surface area contributed by atoms with Gasteiger partial charge in [0.1, 0.15) is 5.25 Å². The van der Waals surface area contributed by atoms with Crippen LogP contribution in [0.3, 0.4) is 0 Å². The monoisotopic (exact) mass is 249 g/mol. The highest BCUT2D eigenvalue weighted by Gasteiger charge is 2.24. The van der Waals surface area contributed by atoms with Crippen LogP contribution in [0.15, 0.2) is 4.52 Å². The van der Waals surface area contributed by atoms with Gasteiger partial charge in [0.05, 0.1) is 6.04 Å². The third-order valence-corrected chi connectivity index (χ3v) is 3.72. The third-order valence-electron chi connectivity index (χ3n) is 2.22. The van der Waals surface area contributed by atoms with Crippen LogP contribution >= 0.6 is 0 Å². The maximum atomic E-state index is 11.2. The Kier molecular flexibility index (Phi) is 4.00. The Bertz CT molecular complexity index is 442. The van der Waals surface area contributed by atoms with Crippen LogP contribution in [0.25, 0.3) is 0 Å². The Morgan fingerprint density at radius 3 is 2.69 bits per heavy atom. The van der Waals surface area contributed by atoms with Crippen molar-refractivity contribution in [2.24, 2.45) is 5.73 Å². The molecule has 1 rings (SSSR count). The molecule has 3 N–H and O–H groups in total. The SMILES string of the molecule is CC(c1noc(C(N)CCO)n1)S(C)(=O)=O. The highest BCUT2D eigenvalue weighted by atomic mass is 32.2. The molecule has 1 aromatic heterocycles. The molecule has 92 valence electrons. The van der Waals surface area contributed by atoms with E-state index in [1.807, 2.05) is 0 Å². The van der Waals surface area contributed by atoms with Crippen molar-refractivity contribution in [3.8, 4) is 0 Å². The number of hydrogen-bond acceptors (Lipinski definition) is 7. The highest BCUT2D eigenvalue weighted by molar-refractivity contribution is 7.90. The first kappa shape index (κ1) is 13.1. The van der Waals surface area contributed by atoms with Gasteiger partial charge in [-0.15, -0.1) is 0 Å². The Labute approximate surface area is 93.6 Å². The summed E-state index contributed by atoms with van der Waals surface area (Å²) >= 11 is 0. The predicted molar refractivity (Wildman–Crippen MR) is 56.2 cm³/mol. The molecule has 16 heavy (non-hydrogen) atoms. The van der Waals surface area contributed by atoms with Crippen molar-refractivity contribution in [3.05, 3.63) is 11.7 Å². The lowest BCUT2D eigenvalue weighted by molar-refractivity contribution is 0.259. The molecule has 0 aliphatic carbocycles. The van der Waals surface area contributed by atoms with Gasteiger partial charge in [0.25, 0.3) is 0 Å². The second kappa shape index (κ2) is 4.89. The fraction of sp³-hybridized carbons (Fsp3) is 0.750. The van der Waals surface area contributed by atoms with E-state index in [4.69, 9.17) is 15.4 Å². The lowest BCUT2D eigenvalue weighted by Crippen LogP contribution is -2.13. The van der Waals surface area contributed by atoms with Gasteiger partial charge in [-0.3, -0.25) is 0 Å². The van der Waals surface area contributed by atoms with Crippen LogP contribution in [0, 0.1) is 0 Å². The summed E-state index contributed by atoms with van der Waals surface area (Å²) in [5.74, 6) is 0.227. The first-order valence-electron chi connectivity index (χ1n) is 4.75. The van der Waals surface area contributed by atoms with Crippen molar-refractivity contribution < 1.29 is 18.0 Å². The molecular formula is C8H15N3O4S. The van der Waals surface area contributed by atoms with Gasteiger partial charge < -0.3 is 15.4 Å². The quantitative estimate of drug-likeness (QED) is 0.725. The van der Waals surface area contributed by atoms with Crippen molar-refractivity contribution >= 4 is 9.84 Å². The van der Waals surface area contributed by atoms with Crippen LogP contribution in [0.2, 0.25) is 0 Å². The second-order valence-corrected chi connectivity index (χ2v) is 5.95. The van der Waals surface area contributed by atoms with E-state index in [0.29, 0.717) is 0 Å². The molecule has 7 nitrogen and oxygen atoms in total. The Hall–Kier alpha value is -0.990. The molecular weight excluding hydrogens is 234 g/mol. The van der Waals surface area contributed by atoms with Crippen LogP contribution in [0.5, 0.6) is 0 Å². The van der Waals surface area contributed by atoms with Crippen molar-refractivity contribution in [1.82, 2.24) is 10.1 Å². The van der Waals surface area contributed by atoms with E-state index in [2.05, 4.69) is 10.1 Å². The third kappa shape index (κ3) is 3.00. The normalized spacial score (nSPS) is 16.0. The van der Waals surface area contributed by atoms with Gasteiger partial charge in [-0.2, -0.15) is 4.98 Å². The molecule has 0 saturated carbocycles. The van der Waals surface area contributed by atoms with E-state index in [1.165, 1.54) is 6.92 Å². The summed E-state index contributed by atoms with van der Waals surface area (Å²) in [7, 11) is -3.26. The predicted octanol–water partition coefficient (Wildman–Crippen LogP) is -0.443. The minimum Gasteiger partial charge on any atom is -0.396 e. The summed E-state index contributed by atoms with van der Waals surface area (Å²) in [6, 6.07) is -0.571. The van der Waals surface area contributed by atoms with E-state index in [0.717, 1.165) is 6.26 Å². The summed E-state index contributed by atoms with van der Waals surface area (Å²) in [6.07, 6.45) is 1.39. The fourth-order valence-corrected chi connectivity index (χ4v) is 1.50. The Balaban J connectivity index is 2.87. The van der Waals surface area contributed by atoms with Crippen molar-refractivity contribution in [3.63, 3.8) is 0 Å². The molecule has 1 heterocycles. The largest absolute Gasteiger partial charge is 0.396 e. The van der Waals surface area contributed by atoms with Gasteiger partial charge in [0, 0.05) is 12.9 Å². The number of nitrogens with zero attached hydrogens (tertiary/aromatic N) is 2. The highest BCUT2D eigenvalue weighted by Crippen LogP contribution is 2.19. The second-order valence-electron chi connectivity index (χ2n) is 3.58.